The highest BCUT2D eigenvalue weighted by molar-refractivity contribution is 7.89. The molecule has 0 saturated heterocycles. The molecule has 0 spiro atoms. The molecule has 0 amide bonds. The third kappa shape index (κ3) is 3.83. The van der Waals surface area contributed by atoms with Crippen molar-refractivity contribution in [3.8, 4) is 11.5 Å². The second-order valence-electron chi connectivity index (χ2n) is 5.89. The van der Waals surface area contributed by atoms with Crippen molar-refractivity contribution in [2.75, 3.05) is 20.8 Å². The second kappa shape index (κ2) is 7.45. The molecule has 3 rings (SSSR count). The Hall–Kier alpha value is -2.78. The van der Waals surface area contributed by atoms with Crippen molar-refractivity contribution in [1.29, 1.82) is 0 Å². The minimum absolute atomic E-state index is 0.0683. The molecule has 0 fully saturated rings. The normalized spacial score (nSPS) is 11.7. The van der Waals surface area contributed by atoms with Gasteiger partial charge in [0.25, 0.3) is 0 Å². The van der Waals surface area contributed by atoms with E-state index in [0.29, 0.717) is 29.0 Å². The highest BCUT2D eigenvalue weighted by atomic mass is 32.2. The number of nitrogens with zero attached hydrogens (tertiary/aromatic N) is 1. The highest BCUT2D eigenvalue weighted by Gasteiger charge is 2.16. The lowest BCUT2D eigenvalue weighted by Gasteiger charge is -2.10. The van der Waals surface area contributed by atoms with Crippen LogP contribution < -0.4 is 20.0 Å². The molecule has 0 unspecified atom stereocenters. The van der Waals surface area contributed by atoms with Gasteiger partial charge >= 0.3 is 5.76 Å². The van der Waals surface area contributed by atoms with Crippen LogP contribution in [0, 0.1) is 0 Å². The van der Waals surface area contributed by atoms with E-state index in [1.807, 2.05) is 6.07 Å². The molecule has 0 aliphatic carbocycles. The number of fused-ring (bicyclic) bond motifs is 1. The summed E-state index contributed by atoms with van der Waals surface area (Å²) in [6, 6.07) is 9.72. The molecule has 9 heteroatoms. The van der Waals surface area contributed by atoms with Gasteiger partial charge in [-0.2, -0.15) is 0 Å². The van der Waals surface area contributed by atoms with Crippen LogP contribution in [0.15, 0.2) is 50.5 Å². The number of hydrogen-bond donors (Lipinski definition) is 1. The minimum Gasteiger partial charge on any atom is -0.493 e. The summed E-state index contributed by atoms with van der Waals surface area (Å²) < 4.78 is 44.3. The number of oxazole rings is 1. The fourth-order valence-corrected chi connectivity index (χ4v) is 3.77. The summed E-state index contributed by atoms with van der Waals surface area (Å²) in [7, 11) is 0.901. The van der Waals surface area contributed by atoms with Crippen LogP contribution in [0.2, 0.25) is 0 Å². The van der Waals surface area contributed by atoms with Crippen LogP contribution in [-0.2, 0) is 23.5 Å². The Morgan fingerprint density at radius 3 is 2.52 bits per heavy atom. The molecule has 3 aromatic rings. The van der Waals surface area contributed by atoms with Gasteiger partial charge in [-0.3, -0.25) is 4.57 Å². The second-order valence-corrected chi connectivity index (χ2v) is 7.66. The first-order chi connectivity index (χ1) is 12.9. The van der Waals surface area contributed by atoms with E-state index in [4.69, 9.17) is 13.9 Å². The van der Waals surface area contributed by atoms with Crippen molar-refractivity contribution in [3.05, 3.63) is 52.5 Å². The van der Waals surface area contributed by atoms with Crippen LogP contribution in [0.25, 0.3) is 11.1 Å². The Morgan fingerprint density at radius 1 is 1.07 bits per heavy atom. The lowest BCUT2D eigenvalue weighted by Crippen LogP contribution is -2.26. The number of hydrogen-bond acceptors (Lipinski definition) is 6. The van der Waals surface area contributed by atoms with Crippen molar-refractivity contribution in [2.45, 2.75) is 11.3 Å². The van der Waals surface area contributed by atoms with Gasteiger partial charge in [0.05, 0.1) is 24.6 Å². The maximum Gasteiger partial charge on any atom is 0.419 e. The maximum atomic E-state index is 12.5. The molecule has 0 saturated carbocycles. The van der Waals surface area contributed by atoms with Gasteiger partial charge in [-0.05, 0) is 42.3 Å². The van der Waals surface area contributed by atoms with E-state index in [-0.39, 0.29) is 11.4 Å². The number of nitrogens with one attached hydrogen (secondary N) is 1. The Labute approximate surface area is 156 Å². The van der Waals surface area contributed by atoms with Gasteiger partial charge < -0.3 is 13.9 Å². The van der Waals surface area contributed by atoms with Crippen LogP contribution in [0.3, 0.4) is 0 Å². The number of rotatable bonds is 7. The van der Waals surface area contributed by atoms with E-state index >= 15 is 0 Å². The predicted octanol–water partition coefficient (Wildman–Crippen LogP) is 1.67. The van der Waals surface area contributed by atoms with Crippen LogP contribution >= 0.6 is 0 Å². The third-order valence-electron chi connectivity index (χ3n) is 4.23. The Bertz CT molecular complexity index is 1130. The van der Waals surface area contributed by atoms with Gasteiger partial charge in [0, 0.05) is 13.6 Å². The lowest BCUT2D eigenvalue weighted by molar-refractivity contribution is 0.354. The average molecular weight is 392 g/mol. The van der Waals surface area contributed by atoms with Crippen molar-refractivity contribution in [1.82, 2.24) is 9.29 Å². The summed E-state index contributed by atoms with van der Waals surface area (Å²) in [5.41, 5.74) is 1.66. The smallest absolute Gasteiger partial charge is 0.419 e. The zero-order valence-electron chi connectivity index (χ0n) is 15.2. The lowest BCUT2D eigenvalue weighted by atomic mass is 10.1. The van der Waals surface area contributed by atoms with Crippen LogP contribution in [0.1, 0.15) is 5.56 Å². The van der Waals surface area contributed by atoms with Gasteiger partial charge in [0.15, 0.2) is 17.1 Å². The molecule has 27 heavy (non-hydrogen) atoms. The summed E-state index contributed by atoms with van der Waals surface area (Å²) >= 11 is 0. The third-order valence-corrected chi connectivity index (χ3v) is 5.69. The number of sulfonamides is 1. The van der Waals surface area contributed by atoms with Gasteiger partial charge in [-0.15, -0.1) is 0 Å². The molecular formula is C18H20N2O6S. The summed E-state index contributed by atoms with van der Waals surface area (Å²) in [6.07, 6.45) is 0.478. The number of aromatic nitrogens is 1. The van der Waals surface area contributed by atoms with E-state index in [1.165, 1.54) is 29.8 Å². The summed E-state index contributed by atoms with van der Waals surface area (Å²) in [6.45, 7) is 0.209. The first-order valence-electron chi connectivity index (χ1n) is 8.16. The van der Waals surface area contributed by atoms with Crippen molar-refractivity contribution in [3.63, 3.8) is 0 Å². The van der Waals surface area contributed by atoms with Crippen LogP contribution in [0.4, 0.5) is 0 Å². The molecule has 0 atom stereocenters. The zero-order valence-corrected chi connectivity index (χ0v) is 16.0. The molecule has 144 valence electrons. The van der Waals surface area contributed by atoms with Crippen molar-refractivity contribution >= 4 is 21.1 Å². The zero-order chi connectivity index (χ0) is 19.6. The molecule has 0 radical (unpaired) electrons. The largest absolute Gasteiger partial charge is 0.493 e. The molecule has 0 aliphatic rings. The topological polar surface area (TPSA) is 99.8 Å². The number of ether oxygens (including phenoxy) is 2. The number of benzene rings is 2. The molecule has 0 aliphatic heterocycles. The molecule has 1 N–H and O–H groups in total. The first kappa shape index (κ1) is 19.0. The SMILES string of the molecule is COc1ccc(CCNS(=O)(=O)c2ccc3oc(=O)n(C)c3c2)cc1OC. The fourth-order valence-electron chi connectivity index (χ4n) is 2.72. The van der Waals surface area contributed by atoms with E-state index < -0.39 is 15.8 Å². The molecule has 1 aromatic heterocycles. The quantitative estimate of drug-likeness (QED) is 0.657. The van der Waals surface area contributed by atoms with Gasteiger partial charge in [-0.1, -0.05) is 6.07 Å². The van der Waals surface area contributed by atoms with E-state index in [0.717, 1.165) is 5.56 Å². The maximum absolute atomic E-state index is 12.5. The molecule has 1 heterocycles. The van der Waals surface area contributed by atoms with Gasteiger partial charge in [-0.25, -0.2) is 17.9 Å². The van der Waals surface area contributed by atoms with E-state index in [1.54, 1.807) is 26.4 Å². The van der Waals surface area contributed by atoms with Gasteiger partial charge in [0.2, 0.25) is 10.0 Å². The summed E-state index contributed by atoms with van der Waals surface area (Å²) in [5, 5.41) is 0. The van der Waals surface area contributed by atoms with Gasteiger partial charge in [0.1, 0.15) is 0 Å². The number of methoxy groups -OCH3 is 2. The molecule has 0 bridgehead atoms. The van der Waals surface area contributed by atoms with Crippen molar-refractivity contribution < 1.29 is 22.3 Å². The summed E-state index contributed by atoms with van der Waals surface area (Å²) in [4.78, 5) is 11.6. The first-order valence-corrected chi connectivity index (χ1v) is 9.64. The Kier molecular flexibility index (Phi) is 5.24. The Balaban J connectivity index is 1.74. The summed E-state index contributed by atoms with van der Waals surface area (Å²) in [5.74, 6) is 0.658. The van der Waals surface area contributed by atoms with Crippen molar-refractivity contribution in [2.24, 2.45) is 7.05 Å². The number of aryl methyl sites for hydroxylation is 1. The van der Waals surface area contributed by atoms with Crippen LogP contribution in [-0.4, -0.2) is 33.7 Å². The Morgan fingerprint density at radius 2 is 1.81 bits per heavy atom. The molecule has 2 aromatic carbocycles. The highest BCUT2D eigenvalue weighted by Crippen LogP contribution is 2.27. The van der Waals surface area contributed by atoms with E-state index in [2.05, 4.69) is 4.72 Å². The average Bonchev–Trinajstić information content (AvgIpc) is 2.95. The van der Waals surface area contributed by atoms with E-state index in [9.17, 15) is 13.2 Å². The monoisotopic (exact) mass is 392 g/mol. The molecular weight excluding hydrogens is 372 g/mol. The molecule has 8 nitrogen and oxygen atoms in total. The fraction of sp³-hybridized carbons (Fsp3) is 0.278. The predicted molar refractivity (Wildman–Crippen MR) is 99.9 cm³/mol. The standard InChI is InChI=1S/C18H20N2O6S/c1-20-14-11-13(5-7-15(14)26-18(20)21)27(22,23)19-9-8-12-4-6-16(24-2)17(10-12)25-3/h4-7,10-11,19H,8-9H2,1-3H3. The minimum atomic E-state index is -3.72. The van der Waals surface area contributed by atoms with Crippen LogP contribution in [0.5, 0.6) is 11.5 Å².